The summed E-state index contributed by atoms with van der Waals surface area (Å²) in [6.45, 7) is 0. The van der Waals surface area contributed by atoms with E-state index < -0.39 is 40.1 Å². The van der Waals surface area contributed by atoms with Crippen molar-refractivity contribution in [3.63, 3.8) is 0 Å². The predicted molar refractivity (Wildman–Crippen MR) is 219 cm³/mol. The first-order chi connectivity index (χ1) is 27.3. The van der Waals surface area contributed by atoms with Gasteiger partial charge in [-0.05, 0) is 87.8 Å². The van der Waals surface area contributed by atoms with Crippen LogP contribution in [0.4, 0.5) is 34.1 Å². The average molecular weight is 733 g/mol. The fourth-order valence-electron chi connectivity index (χ4n) is 7.50. The molecule has 8 nitrogen and oxygen atoms in total. The van der Waals surface area contributed by atoms with Crippen molar-refractivity contribution in [2.75, 3.05) is 9.80 Å². The van der Waals surface area contributed by atoms with Crippen molar-refractivity contribution in [3.8, 4) is 23.0 Å². The normalized spacial score (nSPS) is 12.6. The van der Waals surface area contributed by atoms with Crippen LogP contribution in [-0.4, -0.2) is 20.4 Å². The van der Waals surface area contributed by atoms with Gasteiger partial charge in [0, 0.05) is 40.6 Å². The van der Waals surface area contributed by atoms with E-state index in [9.17, 15) is 30.6 Å². The molecule has 9 rings (SSSR count). The molecule has 0 aromatic heterocycles. The van der Waals surface area contributed by atoms with Crippen molar-refractivity contribution >= 4 is 66.8 Å². The van der Waals surface area contributed by atoms with Crippen LogP contribution in [0.3, 0.4) is 0 Å². The van der Waals surface area contributed by atoms with Gasteiger partial charge in [0.15, 0.2) is 0 Å². The number of rotatable bonds is 8. The van der Waals surface area contributed by atoms with Crippen LogP contribution in [0.5, 0.6) is 23.0 Å². The smallest absolute Gasteiger partial charge is 0.138 e. The number of allylic oxidation sites excluding steroid dienone is 2. The number of phenolic OH excluding ortho intramolecular Hbond substituents is 2. The Bertz CT molecular complexity index is 2630. The quantitative estimate of drug-likeness (QED) is 0.121. The number of aliphatic hydroxyl groups is 2. The Kier molecular flexibility index (Phi) is 8.21. The maximum absolute atomic E-state index is 13.8. The molecule has 0 spiro atoms. The van der Waals surface area contributed by atoms with E-state index in [0.29, 0.717) is 17.1 Å². The summed E-state index contributed by atoms with van der Waals surface area (Å²) in [5, 5.41) is 77.2. The zero-order chi connectivity index (χ0) is 38.5. The number of nitrogens with zero attached hydrogens (tertiary/aromatic N) is 2. The van der Waals surface area contributed by atoms with E-state index in [0.717, 1.165) is 38.6 Å². The molecule has 0 aliphatic heterocycles. The first-order valence-electron chi connectivity index (χ1n) is 17.9. The van der Waals surface area contributed by atoms with E-state index in [1.807, 2.05) is 150 Å². The SMILES string of the molecule is [O-]c1cc(N(c2ccccc2)c2ccc3ccccc3c2)cc([O-])c1C1=C(O)C(c2c(O)cc(N(c3ccccc3)c3ccc4ccccc4c3)cc2O)=C1O. The van der Waals surface area contributed by atoms with Crippen molar-refractivity contribution in [1.82, 2.24) is 0 Å². The third kappa shape index (κ3) is 5.73. The Morgan fingerprint density at radius 1 is 0.321 bits per heavy atom. The van der Waals surface area contributed by atoms with Crippen LogP contribution < -0.4 is 20.0 Å². The number of fused-ring (bicyclic) bond motifs is 2. The van der Waals surface area contributed by atoms with Gasteiger partial charge in [0.25, 0.3) is 0 Å². The lowest BCUT2D eigenvalue weighted by Gasteiger charge is -2.34. The maximum Gasteiger partial charge on any atom is 0.138 e. The Balaban J connectivity index is 1.08. The Hall–Kier alpha value is -7.84. The van der Waals surface area contributed by atoms with Crippen LogP contribution in [0.25, 0.3) is 32.7 Å². The minimum atomic E-state index is -0.723. The summed E-state index contributed by atoms with van der Waals surface area (Å²) in [5.41, 5.74) is 2.33. The molecule has 8 aromatic rings. The van der Waals surface area contributed by atoms with Crippen molar-refractivity contribution in [2.45, 2.75) is 0 Å². The molecule has 0 amide bonds. The summed E-state index contributed by atoms with van der Waals surface area (Å²) in [6.07, 6.45) is 0. The molecule has 1 aliphatic carbocycles. The number of benzene rings is 8. The van der Waals surface area contributed by atoms with Crippen LogP contribution in [0.1, 0.15) is 11.1 Å². The Morgan fingerprint density at radius 3 is 1.14 bits per heavy atom. The minimum absolute atomic E-state index is 0.248. The van der Waals surface area contributed by atoms with Crippen LogP contribution in [0.2, 0.25) is 0 Å². The topological polar surface area (TPSA) is 134 Å². The number of aliphatic hydroxyl groups excluding tert-OH is 2. The van der Waals surface area contributed by atoms with Gasteiger partial charge in [-0.25, -0.2) is 0 Å². The van der Waals surface area contributed by atoms with Crippen molar-refractivity contribution < 1.29 is 30.6 Å². The molecule has 56 heavy (non-hydrogen) atoms. The van der Waals surface area contributed by atoms with Gasteiger partial charge in [0.1, 0.15) is 23.0 Å². The van der Waals surface area contributed by atoms with E-state index >= 15 is 0 Å². The first-order valence-corrected chi connectivity index (χ1v) is 17.9. The fourth-order valence-corrected chi connectivity index (χ4v) is 7.50. The van der Waals surface area contributed by atoms with E-state index in [1.54, 1.807) is 4.90 Å². The van der Waals surface area contributed by atoms with Crippen molar-refractivity contribution in [2.24, 2.45) is 0 Å². The number of phenols is 2. The fraction of sp³-hybridized carbons (Fsp3) is 0. The van der Waals surface area contributed by atoms with Crippen molar-refractivity contribution in [3.05, 3.63) is 193 Å². The van der Waals surface area contributed by atoms with E-state index in [1.165, 1.54) is 24.3 Å². The summed E-state index contributed by atoms with van der Waals surface area (Å²) in [7, 11) is 0. The van der Waals surface area contributed by atoms with Crippen LogP contribution in [0, 0.1) is 0 Å². The van der Waals surface area contributed by atoms with Crippen LogP contribution in [-0.2, 0) is 0 Å². The number of para-hydroxylation sites is 2. The summed E-state index contributed by atoms with van der Waals surface area (Å²) in [6, 6.07) is 51.7. The zero-order valence-corrected chi connectivity index (χ0v) is 29.7. The molecule has 0 radical (unpaired) electrons. The Morgan fingerprint density at radius 2 is 0.696 bits per heavy atom. The highest BCUT2D eigenvalue weighted by atomic mass is 16.3. The third-order valence-electron chi connectivity index (χ3n) is 10.1. The molecule has 8 heteroatoms. The highest BCUT2D eigenvalue weighted by Crippen LogP contribution is 2.54. The van der Waals surface area contributed by atoms with E-state index in [2.05, 4.69) is 0 Å². The summed E-state index contributed by atoms with van der Waals surface area (Å²) in [4.78, 5) is 3.65. The molecular weight excluding hydrogens is 701 g/mol. The average Bonchev–Trinajstić information content (AvgIpc) is 3.21. The second-order valence-electron chi connectivity index (χ2n) is 13.5. The second-order valence-corrected chi connectivity index (χ2v) is 13.5. The van der Waals surface area contributed by atoms with Gasteiger partial charge in [-0.3, -0.25) is 0 Å². The van der Waals surface area contributed by atoms with E-state index in [4.69, 9.17) is 0 Å². The molecule has 0 unspecified atom stereocenters. The molecule has 8 aromatic carbocycles. The van der Waals surface area contributed by atoms with Gasteiger partial charge in [-0.15, -0.1) is 0 Å². The molecule has 0 bridgehead atoms. The third-order valence-corrected chi connectivity index (χ3v) is 10.1. The standard InChI is InChI=1S/C48H34N2O6/c51-39-25-37(49(33-15-3-1-4-16-33)35-21-19-29-11-7-9-13-31(29)23-35)26-40(52)43(39)45-47(55)46(48(45)56)44-41(53)27-38(28-42(44)54)50(34-17-5-2-6-18-34)36-22-20-30-12-8-10-14-32(30)24-36/h1-28,51-56H/p-2. The lowest BCUT2D eigenvalue weighted by molar-refractivity contribution is -0.280. The highest BCUT2D eigenvalue weighted by molar-refractivity contribution is 6.10. The van der Waals surface area contributed by atoms with E-state index in [-0.39, 0.29) is 16.7 Å². The number of hydrogen-bond acceptors (Lipinski definition) is 8. The molecule has 0 fully saturated rings. The maximum atomic E-state index is 13.8. The number of anilines is 6. The van der Waals surface area contributed by atoms with Gasteiger partial charge < -0.3 is 40.4 Å². The first kappa shape index (κ1) is 34.0. The second kappa shape index (κ2) is 13.5. The molecular formula is C48H32N2O6-2. The Labute approximate surface area is 321 Å². The number of hydrogen-bond donors (Lipinski definition) is 4. The summed E-state index contributed by atoms with van der Waals surface area (Å²) < 4.78 is 0. The molecule has 4 N–H and O–H groups in total. The summed E-state index contributed by atoms with van der Waals surface area (Å²) in [5.74, 6) is -3.54. The molecule has 0 saturated carbocycles. The minimum Gasteiger partial charge on any atom is -0.872 e. The van der Waals surface area contributed by atoms with Gasteiger partial charge in [-0.2, -0.15) is 0 Å². The monoisotopic (exact) mass is 732 g/mol. The van der Waals surface area contributed by atoms with Crippen LogP contribution in [0.15, 0.2) is 181 Å². The number of aromatic hydroxyl groups is 2. The molecule has 1 aliphatic rings. The molecule has 272 valence electrons. The van der Waals surface area contributed by atoms with Crippen molar-refractivity contribution in [1.29, 1.82) is 0 Å². The van der Waals surface area contributed by atoms with Gasteiger partial charge in [0.05, 0.1) is 22.4 Å². The lowest BCUT2D eigenvalue weighted by atomic mass is 9.83. The molecule has 0 atom stereocenters. The van der Waals surface area contributed by atoms with Gasteiger partial charge in [0.2, 0.25) is 0 Å². The zero-order valence-electron chi connectivity index (χ0n) is 29.7. The lowest BCUT2D eigenvalue weighted by Crippen LogP contribution is -2.16. The summed E-state index contributed by atoms with van der Waals surface area (Å²) >= 11 is 0. The molecule has 0 heterocycles. The molecule has 0 saturated heterocycles. The van der Waals surface area contributed by atoms with Crippen LogP contribution >= 0.6 is 0 Å². The highest BCUT2D eigenvalue weighted by Gasteiger charge is 2.36. The van der Waals surface area contributed by atoms with Gasteiger partial charge >= 0.3 is 0 Å². The largest absolute Gasteiger partial charge is 0.872 e. The predicted octanol–water partition coefficient (Wildman–Crippen LogP) is 10.7. The van der Waals surface area contributed by atoms with Gasteiger partial charge in [-0.1, -0.05) is 109 Å².